The van der Waals surface area contributed by atoms with E-state index in [1.807, 2.05) is 0 Å². The molecule has 0 heterocycles. The zero-order chi connectivity index (χ0) is 15.8. The number of hydrogen-bond donors (Lipinski definition) is 0. The highest BCUT2D eigenvalue weighted by Crippen LogP contribution is 2.28. The van der Waals surface area contributed by atoms with E-state index >= 15 is 0 Å². The Hall–Kier alpha value is -1.46. The maximum absolute atomic E-state index is 12.7. The lowest BCUT2D eigenvalue weighted by molar-refractivity contribution is -0.0115. The summed E-state index contributed by atoms with van der Waals surface area (Å²) >= 11 is 0. The van der Waals surface area contributed by atoms with Crippen molar-refractivity contribution in [1.82, 2.24) is 0 Å². The molecule has 1 aliphatic carbocycles. The highest BCUT2D eigenvalue weighted by Gasteiger charge is 2.17. The van der Waals surface area contributed by atoms with Crippen LogP contribution in [0.25, 0.3) is 0 Å². The van der Waals surface area contributed by atoms with Crippen LogP contribution < -0.4 is 9.68 Å². The number of rotatable bonds is 3. The summed E-state index contributed by atoms with van der Waals surface area (Å²) in [6, 6.07) is 1.99. The Balaban J connectivity index is 0.000000219. The summed E-state index contributed by atoms with van der Waals surface area (Å²) in [6.07, 6.45) is 4.73. The smallest absolute Gasteiger partial charge is 0.210 e. The average Bonchev–Trinajstić information content (AvgIpc) is 2.51. The van der Waals surface area contributed by atoms with Crippen molar-refractivity contribution in [3.63, 3.8) is 0 Å². The molecule has 2 rings (SSSR count). The third-order valence-electron chi connectivity index (χ3n) is 3.67. The van der Waals surface area contributed by atoms with Crippen molar-refractivity contribution in [2.45, 2.75) is 32.6 Å². The molecule has 0 atom stereocenters. The van der Waals surface area contributed by atoms with Gasteiger partial charge in [0.25, 0.3) is 0 Å². The summed E-state index contributed by atoms with van der Waals surface area (Å²) in [5.74, 6) is -2.51. The van der Waals surface area contributed by atoms with Crippen molar-refractivity contribution < 1.29 is 27.4 Å². The topological polar surface area (TPSA) is 18.5 Å². The van der Waals surface area contributed by atoms with Gasteiger partial charge in [-0.05, 0) is 36.8 Å². The first-order valence-electron chi connectivity index (χ1n) is 6.90. The standard InChI is InChI=1S/C8H15F.C7H5F3O2/c1-7-2-4-8(6-9)5-3-7;1-11-4-2-3-5(12-10)7(9)6(4)8/h7-8H,2-6H2,1H3;2-3H,1H3. The lowest BCUT2D eigenvalue weighted by Crippen LogP contribution is -2.13. The zero-order valence-electron chi connectivity index (χ0n) is 12.2. The molecule has 21 heavy (non-hydrogen) atoms. The number of alkyl halides is 1. The normalized spacial score (nSPS) is 21.2. The predicted molar refractivity (Wildman–Crippen MR) is 71.7 cm³/mol. The Morgan fingerprint density at radius 3 is 2.05 bits per heavy atom. The Labute approximate surface area is 122 Å². The molecule has 0 amide bonds. The minimum absolute atomic E-state index is 0.0906. The quantitative estimate of drug-likeness (QED) is 0.730. The fourth-order valence-electron chi connectivity index (χ4n) is 2.21. The second kappa shape index (κ2) is 8.74. The van der Waals surface area contributed by atoms with E-state index in [-0.39, 0.29) is 12.4 Å². The van der Waals surface area contributed by atoms with Gasteiger partial charge in [-0.3, -0.25) is 9.33 Å². The fraction of sp³-hybridized carbons (Fsp3) is 0.600. The van der Waals surface area contributed by atoms with Gasteiger partial charge in [0.15, 0.2) is 5.75 Å². The van der Waals surface area contributed by atoms with Crippen LogP contribution in [0, 0.1) is 23.5 Å². The van der Waals surface area contributed by atoms with Crippen LogP contribution >= 0.6 is 0 Å². The summed E-state index contributed by atoms with van der Waals surface area (Å²) in [7, 11) is 1.17. The molecule has 0 saturated heterocycles. The molecule has 0 N–H and O–H groups in total. The SMILES string of the molecule is CC1CCC(CF)CC1.COc1ccc(OF)c(F)c1F. The molecule has 1 aromatic rings. The van der Waals surface area contributed by atoms with E-state index in [0.29, 0.717) is 5.92 Å². The molecule has 0 bridgehead atoms. The number of hydrogen-bond acceptors (Lipinski definition) is 2. The van der Waals surface area contributed by atoms with Gasteiger partial charge in [0.2, 0.25) is 17.4 Å². The minimum Gasteiger partial charge on any atom is -0.494 e. The molecule has 1 aromatic carbocycles. The molecule has 1 aliphatic rings. The van der Waals surface area contributed by atoms with Crippen LogP contribution in [0.2, 0.25) is 0 Å². The minimum atomic E-state index is -1.41. The number of benzene rings is 1. The zero-order valence-corrected chi connectivity index (χ0v) is 12.2. The summed E-state index contributed by atoms with van der Waals surface area (Å²) < 4.78 is 53.2. The van der Waals surface area contributed by atoms with E-state index < -0.39 is 17.4 Å². The van der Waals surface area contributed by atoms with Crippen LogP contribution in [0.3, 0.4) is 0 Å². The lowest BCUT2D eigenvalue weighted by atomic mass is 9.84. The number of ether oxygens (including phenoxy) is 1. The number of halogens is 4. The van der Waals surface area contributed by atoms with Crippen molar-refractivity contribution in [2.24, 2.45) is 11.8 Å². The second-order valence-corrected chi connectivity index (χ2v) is 5.25. The summed E-state index contributed by atoms with van der Waals surface area (Å²) in [5, 5.41) is 0. The third kappa shape index (κ3) is 5.10. The third-order valence-corrected chi connectivity index (χ3v) is 3.67. The summed E-state index contributed by atoms with van der Waals surface area (Å²) in [6.45, 7) is 2.17. The Kier molecular flexibility index (Phi) is 7.32. The van der Waals surface area contributed by atoms with Crippen LogP contribution in [0.5, 0.6) is 11.5 Å². The molecule has 0 spiro atoms. The molecule has 6 heteroatoms. The van der Waals surface area contributed by atoms with Gasteiger partial charge in [-0.2, -0.15) is 8.78 Å². The van der Waals surface area contributed by atoms with Crippen LogP contribution in [-0.4, -0.2) is 13.8 Å². The molecule has 0 aliphatic heterocycles. The van der Waals surface area contributed by atoms with Crippen LogP contribution in [0.4, 0.5) is 17.7 Å². The van der Waals surface area contributed by atoms with Crippen molar-refractivity contribution in [3.05, 3.63) is 23.8 Å². The average molecular weight is 308 g/mol. The number of methoxy groups -OCH3 is 1. The maximum atomic E-state index is 12.7. The maximum Gasteiger partial charge on any atom is 0.210 e. The largest absolute Gasteiger partial charge is 0.494 e. The molecule has 0 unspecified atom stereocenters. The van der Waals surface area contributed by atoms with Gasteiger partial charge >= 0.3 is 0 Å². The summed E-state index contributed by atoms with van der Waals surface area (Å²) in [4.78, 5) is 3.05. The van der Waals surface area contributed by atoms with E-state index in [1.54, 1.807) is 0 Å². The van der Waals surface area contributed by atoms with Crippen LogP contribution in [-0.2, 0) is 0 Å². The molecular weight excluding hydrogens is 288 g/mol. The van der Waals surface area contributed by atoms with E-state index in [0.717, 1.165) is 30.9 Å². The van der Waals surface area contributed by atoms with Gasteiger partial charge in [0.1, 0.15) is 0 Å². The Morgan fingerprint density at radius 1 is 1.05 bits per heavy atom. The second-order valence-electron chi connectivity index (χ2n) is 5.25. The van der Waals surface area contributed by atoms with Crippen molar-refractivity contribution in [3.8, 4) is 11.5 Å². The molecule has 2 nitrogen and oxygen atoms in total. The first-order valence-corrected chi connectivity index (χ1v) is 6.90. The predicted octanol–water partition coefficient (Wildman–Crippen LogP) is 5.02. The Morgan fingerprint density at radius 2 is 1.57 bits per heavy atom. The van der Waals surface area contributed by atoms with E-state index in [1.165, 1.54) is 20.0 Å². The van der Waals surface area contributed by atoms with E-state index in [4.69, 9.17) is 0 Å². The van der Waals surface area contributed by atoms with Gasteiger partial charge < -0.3 is 4.74 Å². The molecule has 1 saturated carbocycles. The van der Waals surface area contributed by atoms with Gasteiger partial charge in [-0.15, -0.1) is 0 Å². The van der Waals surface area contributed by atoms with E-state index in [2.05, 4.69) is 16.6 Å². The van der Waals surface area contributed by atoms with Crippen LogP contribution in [0.15, 0.2) is 12.1 Å². The molecular formula is C15H20F4O2. The lowest BCUT2D eigenvalue weighted by Gasteiger charge is -2.23. The first-order chi connectivity index (χ1) is 10.0. The van der Waals surface area contributed by atoms with Gasteiger partial charge in [-0.25, -0.2) is 0 Å². The molecule has 120 valence electrons. The van der Waals surface area contributed by atoms with Crippen molar-refractivity contribution in [1.29, 1.82) is 0 Å². The van der Waals surface area contributed by atoms with Gasteiger partial charge in [0.05, 0.1) is 13.8 Å². The van der Waals surface area contributed by atoms with Gasteiger partial charge in [-0.1, -0.05) is 19.8 Å². The van der Waals surface area contributed by atoms with Gasteiger partial charge in [0, 0.05) is 4.53 Å². The molecule has 1 fully saturated rings. The van der Waals surface area contributed by atoms with Crippen molar-refractivity contribution in [2.75, 3.05) is 13.8 Å². The molecule has 0 aromatic heterocycles. The Bertz CT molecular complexity index is 403. The van der Waals surface area contributed by atoms with E-state index in [9.17, 15) is 17.7 Å². The van der Waals surface area contributed by atoms with Crippen molar-refractivity contribution >= 4 is 0 Å². The first kappa shape index (κ1) is 17.6. The van der Waals surface area contributed by atoms with Crippen LogP contribution in [0.1, 0.15) is 32.6 Å². The highest BCUT2D eigenvalue weighted by molar-refractivity contribution is 5.34. The summed E-state index contributed by atoms with van der Waals surface area (Å²) in [5.41, 5.74) is 0. The fourth-order valence-corrected chi connectivity index (χ4v) is 2.21. The monoisotopic (exact) mass is 308 g/mol. The highest BCUT2D eigenvalue weighted by atomic mass is 19.3. The molecule has 0 radical (unpaired) electrons.